The molecule has 3 aromatic rings. The van der Waals surface area contributed by atoms with Gasteiger partial charge in [-0.2, -0.15) is 9.97 Å². The number of nitrogens with zero attached hydrogens (tertiary/aromatic N) is 5. The van der Waals surface area contributed by atoms with Crippen molar-refractivity contribution in [1.82, 2.24) is 25.1 Å². The number of nitrogens with one attached hydrogen (secondary N) is 2. The normalized spacial score (nSPS) is 17.5. The number of ether oxygens (including phenoxy) is 1. The summed E-state index contributed by atoms with van der Waals surface area (Å²) >= 11 is 0. The summed E-state index contributed by atoms with van der Waals surface area (Å²) in [5.74, 6) is 0.707. The van der Waals surface area contributed by atoms with Gasteiger partial charge < -0.3 is 30.1 Å². The van der Waals surface area contributed by atoms with Gasteiger partial charge in [-0.3, -0.25) is 4.79 Å². The Morgan fingerprint density at radius 1 is 1.12 bits per heavy atom. The lowest BCUT2D eigenvalue weighted by Crippen LogP contribution is -2.34. The van der Waals surface area contributed by atoms with E-state index in [4.69, 9.17) is 14.7 Å². The third kappa shape index (κ3) is 6.89. The Balaban J connectivity index is 1.31. The highest BCUT2D eigenvalue weighted by molar-refractivity contribution is 5.94. The average molecular weight is 544 g/mol. The highest BCUT2D eigenvalue weighted by Crippen LogP contribution is 2.33. The van der Waals surface area contributed by atoms with Crippen molar-refractivity contribution in [2.75, 3.05) is 70.7 Å². The van der Waals surface area contributed by atoms with E-state index in [2.05, 4.69) is 69.9 Å². The van der Waals surface area contributed by atoms with E-state index in [-0.39, 0.29) is 5.91 Å². The highest BCUT2D eigenvalue weighted by Gasteiger charge is 2.26. The second-order valence-corrected chi connectivity index (χ2v) is 10.9. The van der Waals surface area contributed by atoms with Crippen molar-refractivity contribution in [2.24, 2.45) is 0 Å². The summed E-state index contributed by atoms with van der Waals surface area (Å²) in [6, 6.07) is 15.8. The van der Waals surface area contributed by atoms with Crippen LogP contribution in [0.2, 0.25) is 0 Å². The largest absolute Gasteiger partial charge is 0.462 e. The van der Waals surface area contributed by atoms with Gasteiger partial charge >= 0.3 is 6.01 Å². The maximum absolute atomic E-state index is 12.1. The number of benzene rings is 2. The van der Waals surface area contributed by atoms with Crippen LogP contribution in [0.5, 0.6) is 6.01 Å². The lowest BCUT2D eigenvalue weighted by atomic mass is 10.0. The van der Waals surface area contributed by atoms with Gasteiger partial charge in [0.2, 0.25) is 5.91 Å². The maximum atomic E-state index is 12.1. The molecule has 40 heavy (non-hydrogen) atoms. The molecule has 0 spiro atoms. The Labute approximate surface area is 237 Å². The van der Waals surface area contributed by atoms with Crippen LogP contribution in [0.3, 0.4) is 0 Å². The van der Waals surface area contributed by atoms with E-state index in [1.165, 1.54) is 22.9 Å². The molecule has 2 aliphatic rings. The summed E-state index contributed by atoms with van der Waals surface area (Å²) in [6.45, 7) is 5.03. The number of hydrogen-bond donors (Lipinski definition) is 2. The fraction of sp³-hybridized carbons (Fsp3) is 0.452. The first-order chi connectivity index (χ1) is 19.5. The Hall–Kier alpha value is -3.69. The number of carbonyl (C=O) groups is 1. The van der Waals surface area contributed by atoms with Crippen LogP contribution in [-0.2, 0) is 17.8 Å². The SMILES string of the molecule is CN(C)C/C=C/C(=O)NCCNc1nc(OC[C@@H]2CCCN2C)nc2c1CCN(c1cccc3ccccc13)C2. The van der Waals surface area contributed by atoms with Crippen molar-refractivity contribution in [1.29, 1.82) is 0 Å². The number of anilines is 2. The van der Waals surface area contributed by atoms with Gasteiger partial charge in [0.1, 0.15) is 12.4 Å². The number of likely N-dealkylation sites (tertiary alicyclic amines) is 1. The molecule has 1 aromatic heterocycles. The van der Waals surface area contributed by atoms with Crippen molar-refractivity contribution in [3.8, 4) is 6.01 Å². The minimum Gasteiger partial charge on any atom is -0.462 e. The summed E-state index contributed by atoms with van der Waals surface area (Å²) < 4.78 is 6.18. The number of carbonyl (C=O) groups excluding carboxylic acids is 1. The summed E-state index contributed by atoms with van der Waals surface area (Å²) in [5.41, 5.74) is 3.33. The Morgan fingerprint density at radius 2 is 1.98 bits per heavy atom. The van der Waals surface area contributed by atoms with Gasteiger partial charge in [0, 0.05) is 54.9 Å². The standard InChI is InChI=1S/C31H41N7O2/c1-36(2)18-8-14-29(39)32-16-17-33-30-26-15-20-38(28-13-6-10-23-9-4-5-12-25(23)28)21-27(26)34-31(35-30)40-22-24-11-7-19-37(24)3/h4-6,8-10,12-14,24H,7,11,15-22H2,1-3H3,(H,32,39)(H,33,34,35)/b14-8+/t24-/m0/s1. The maximum Gasteiger partial charge on any atom is 0.318 e. The van der Waals surface area contributed by atoms with E-state index in [9.17, 15) is 4.79 Å². The van der Waals surface area contributed by atoms with Gasteiger partial charge in [-0.05, 0) is 58.4 Å². The Kier molecular flexibility index (Phi) is 9.13. The van der Waals surface area contributed by atoms with Crippen LogP contribution in [0.1, 0.15) is 24.1 Å². The van der Waals surface area contributed by atoms with Crippen molar-refractivity contribution >= 4 is 28.2 Å². The van der Waals surface area contributed by atoms with E-state index in [0.29, 0.717) is 38.3 Å². The Bertz CT molecular complexity index is 1340. The second kappa shape index (κ2) is 13.1. The first kappa shape index (κ1) is 27.9. The van der Waals surface area contributed by atoms with Crippen LogP contribution in [-0.4, -0.2) is 92.2 Å². The number of fused-ring (bicyclic) bond motifs is 2. The molecule has 0 radical (unpaired) electrons. The minimum atomic E-state index is -0.0937. The molecule has 1 atom stereocenters. The summed E-state index contributed by atoms with van der Waals surface area (Å²) in [5, 5.41) is 8.88. The number of aromatic nitrogens is 2. The zero-order valence-electron chi connectivity index (χ0n) is 23.9. The van der Waals surface area contributed by atoms with E-state index in [0.717, 1.165) is 49.6 Å². The van der Waals surface area contributed by atoms with Crippen LogP contribution in [0.4, 0.5) is 11.5 Å². The quantitative estimate of drug-likeness (QED) is 0.282. The van der Waals surface area contributed by atoms with Gasteiger partial charge in [-0.15, -0.1) is 0 Å². The Morgan fingerprint density at radius 3 is 2.80 bits per heavy atom. The van der Waals surface area contributed by atoms with Crippen LogP contribution in [0.15, 0.2) is 54.6 Å². The molecule has 1 amide bonds. The summed E-state index contributed by atoms with van der Waals surface area (Å²) in [4.78, 5) is 28.6. The molecule has 0 bridgehead atoms. The molecule has 0 saturated carbocycles. The molecule has 9 heteroatoms. The summed E-state index contributed by atoms with van der Waals surface area (Å²) in [7, 11) is 6.09. The highest BCUT2D eigenvalue weighted by atomic mass is 16.5. The second-order valence-electron chi connectivity index (χ2n) is 10.9. The molecular formula is C31H41N7O2. The van der Waals surface area contributed by atoms with Gasteiger partial charge in [-0.25, -0.2) is 0 Å². The molecule has 2 aliphatic heterocycles. The van der Waals surface area contributed by atoms with Crippen LogP contribution < -0.4 is 20.3 Å². The van der Waals surface area contributed by atoms with E-state index >= 15 is 0 Å². The summed E-state index contributed by atoms with van der Waals surface area (Å²) in [6.07, 6.45) is 6.59. The van der Waals surface area contributed by atoms with Crippen molar-refractivity contribution in [3.05, 3.63) is 65.9 Å². The predicted octanol–water partition coefficient (Wildman–Crippen LogP) is 3.31. The zero-order valence-corrected chi connectivity index (χ0v) is 23.9. The van der Waals surface area contributed by atoms with Gasteiger partial charge in [-0.1, -0.05) is 42.5 Å². The predicted molar refractivity (Wildman–Crippen MR) is 161 cm³/mol. The van der Waals surface area contributed by atoms with Crippen LogP contribution >= 0.6 is 0 Å². The average Bonchev–Trinajstić information content (AvgIpc) is 3.37. The first-order valence-corrected chi connectivity index (χ1v) is 14.3. The molecule has 1 saturated heterocycles. The number of rotatable bonds is 11. The van der Waals surface area contributed by atoms with Gasteiger partial charge in [0.05, 0.1) is 12.2 Å². The van der Waals surface area contributed by atoms with Crippen molar-refractivity contribution in [3.63, 3.8) is 0 Å². The van der Waals surface area contributed by atoms with Crippen LogP contribution in [0, 0.1) is 0 Å². The fourth-order valence-electron chi connectivity index (χ4n) is 5.46. The van der Waals surface area contributed by atoms with E-state index in [1.807, 2.05) is 25.1 Å². The molecule has 2 N–H and O–H groups in total. The number of amides is 1. The molecule has 0 unspecified atom stereocenters. The van der Waals surface area contributed by atoms with Gasteiger partial charge in [0.25, 0.3) is 0 Å². The van der Waals surface area contributed by atoms with Crippen LogP contribution in [0.25, 0.3) is 10.8 Å². The molecule has 5 rings (SSSR count). The third-order valence-corrected chi connectivity index (χ3v) is 7.68. The molecule has 2 aromatic carbocycles. The molecule has 212 valence electrons. The topological polar surface area (TPSA) is 85.9 Å². The molecule has 0 aliphatic carbocycles. The zero-order chi connectivity index (χ0) is 27.9. The van der Waals surface area contributed by atoms with E-state index < -0.39 is 0 Å². The number of hydrogen-bond acceptors (Lipinski definition) is 8. The smallest absolute Gasteiger partial charge is 0.318 e. The van der Waals surface area contributed by atoms with E-state index in [1.54, 1.807) is 6.08 Å². The van der Waals surface area contributed by atoms with Gasteiger partial charge in [0.15, 0.2) is 0 Å². The third-order valence-electron chi connectivity index (χ3n) is 7.68. The monoisotopic (exact) mass is 543 g/mol. The first-order valence-electron chi connectivity index (χ1n) is 14.3. The lowest BCUT2D eigenvalue weighted by Gasteiger charge is -2.32. The lowest BCUT2D eigenvalue weighted by molar-refractivity contribution is -0.116. The number of likely N-dealkylation sites (N-methyl/N-ethyl adjacent to an activating group) is 2. The minimum absolute atomic E-state index is 0.0937. The van der Waals surface area contributed by atoms with Crippen molar-refractivity contribution < 1.29 is 9.53 Å². The molecule has 3 heterocycles. The molecule has 1 fully saturated rings. The fourth-order valence-corrected chi connectivity index (χ4v) is 5.46. The van der Waals surface area contributed by atoms with Crippen molar-refractivity contribution in [2.45, 2.75) is 31.8 Å². The molecule has 9 nitrogen and oxygen atoms in total. The molecular weight excluding hydrogens is 502 g/mol.